The molecule has 0 spiro atoms. The van der Waals surface area contributed by atoms with Gasteiger partial charge in [0, 0.05) is 28.4 Å². The lowest BCUT2D eigenvalue weighted by molar-refractivity contribution is 0.0950. The summed E-state index contributed by atoms with van der Waals surface area (Å²) in [5.74, 6) is 1.21. The fraction of sp³-hybridized carbons (Fsp3) is 0.100. The molecule has 0 bridgehead atoms. The lowest BCUT2D eigenvalue weighted by Crippen LogP contribution is -2.19. The third kappa shape index (κ3) is 4.83. The van der Waals surface area contributed by atoms with Gasteiger partial charge < -0.3 is 9.47 Å². The monoisotopic (exact) mass is 396 g/mol. The van der Waals surface area contributed by atoms with E-state index in [1.807, 2.05) is 0 Å². The third-order valence-electron chi connectivity index (χ3n) is 3.74. The fourth-order valence-corrected chi connectivity index (χ4v) is 2.48. The maximum Gasteiger partial charge on any atom is 0.290 e. The molecule has 0 saturated carbocycles. The van der Waals surface area contributed by atoms with Gasteiger partial charge in [0.05, 0.1) is 20.4 Å². The first-order valence-corrected chi connectivity index (χ1v) is 8.62. The van der Waals surface area contributed by atoms with E-state index in [9.17, 15) is 4.79 Å². The van der Waals surface area contributed by atoms with Crippen LogP contribution < -0.4 is 14.9 Å². The second-order valence-electron chi connectivity index (χ2n) is 5.62. The molecule has 3 aromatic rings. The molecule has 0 atom stereocenters. The van der Waals surface area contributed by atoms with Crippen molar-refractivity contribution in [1.82, 2.24) is 15.4 Å². The Kier molecular flexibility index (Phi) is 6.18. The van der Waals surface area contributed by atoms with Crippen molar-refractivity contribution in [2.75, 3.05) is 14.2 Å². The average Bonchev–Trinajstić information content (AvgIpc) is 2.74. The smallest absolute Gasteiger partial charge is 0.290 e. The van der Waals surface area contributed by atoms with Gasteiger partial charge in [0.15, 0.2) is 5.82 Å². The molecule has 8 heteroatoms. The van der Waals surface area contributed by atoms with E-state index in [1.165, 1.54) is 18.5 Å². The normalized spacial score (nSPS) is 10.7. The summed E-state index contributed by atoms with van der Waals surface area (Å²) in [6, 6.07) is 13.8. The fourth-order valence-electron chi connectivity index (χ4n) is 2.35. The number of hydrogen-bond donors (Lipinski definition) is 1. The highest BCUT2D eigenvalue weighted by Gasteiger charge is 2.09. The summed E-state index contributed by atoms with van der Waals surface area (Å²) in [5.41, 5.74) is 4.11. The van der Waals surface area contributed by atoms with Crippen LogP contribution in [-0.4, -0.2) is 36.3 Å². The summed E-state index contributed by atoms with van der Waals surface area (Å²) in [6.07, 6.45) is 3.01. The summed E-state index contributed by atoms with van der Waals surface area (Å²) >= 11 is 5.89. The van der Waals surface area contributed by atoms with Crippen molar-refractivity contribution in [2.45, 2.75) is 0 Å². The van der Waals surface area contributed by atoms with Crippen molar-refractivity contribution in [3.63, 3.8) is 0 Å². The minimum atomic E-state index is -0.455. The first kappa shape index (κ1) is 19.3. The molecular weight excluding hydrogens is 380 g/mol. The van der Waals surface area contributed by atoms with Crippen LogP contribution in [-0.2, 0) is 0 Å². The first-order valence-electron chi connectivity index (χ1n) is 8.24. The number of methoxy groups -OCH3 is 2. The molecule has 0 aliphatic rings. The molecule has 0 aliphatic carbocycles. The predicted octanol–water partition coefficient (Wildman–Crippen LogP) is 3.58. The van der Waals surface area contributed by atoms with Gasteiger partial charge in [-0.3, -0.25) is 4.79 Å². The number of hydrazone groups is 1. The number of carbonyl (C=O) groups excluding carboxylic acids is 1. The van der Waals surface area contributed by atoms with Crippen molar-refractivity contribution in [1.29, 1.82) is 0 Å². The lowest BCUT2D eigenvalue weighted by Gasteiger charge is -2.05. The Labute approximate surface area is 167 Å². The van der Waals surface area contributed by atoms with Gasteiger partial charge in [0.25, 0.3) is 5.91 Å². The summed E-state index contributed by atoms with van der Waals surface area (Å²) < 4.78 is 10.4. The third-order valence-corrected chi connectivity index (χ3v) is 4.00. The molecule has 3 rings (SSSR count). The van der Waals surface area contributed by atoms with E-state index in [4.69, 9.17) is 21.1 Å². The van der Waals surface area contributed by atoms with Gasteiger partial charge >= 0.3 is 0 Å². The van der Waals surface area contributed by atoms with Gasteiger partial charge in [-0.15, -0.1) is 0 Å². The van der Waals surface area contributed by atoms with Gasteiger partial charge in [0.1, 0.15) is 17.2 Å². The van der Waals surface area contributed by atoms with E-state index in [1.54, 1.807) is 56.7 Å². The van der Waals surface area contributed by atoms with E-state index in [0.717, 1.165) is 5.56 Å². The van der Waals surface area contributed by atoms with Gasteiger partial charge in [-0.25, -0.2) is 15.4 Å². The zero-order valence-corrected chi connectivity index (χ0v) is 16.0. The Morgan fingerprint density at radius 1 is 1.07 bits per heavy atom. The number of rotatable bonds is 6. The Morgan fingerprint density at radius 3 is 2.39 bits per heavy atom. The summed E-state index contributed by atoms with van der Waals surface area (Å²) in [4.78, 5) is 20.8. The maximum atomic E-state index is 12.3. The predicted molar refractivity (Wildman–Crippen MR) is 107 cm³/mol. The summed E-state index contributed by atoms with van der Waals surface area (Å²) in [6.45, 7) is 0. The van der Waals surface area contributed by atoms with Crippen molar-refractivity contribution in [3.05, 3.63) is 71.0 Å². The van der Waals surface area contributed by atoms with Crippen LogP contribution in [0.5, 0.6) is 11.5 Å². The largest absolute Gasteiger partial charge is 0.497 e. The molecule has 142 valence electrons. The number of nitrogens with one attached hydrogen (secondary N) is 1. The second-order valence-corrected chi connectivity index (χ2v) is 6.05. The summed E-state index contributed by atoms with van der Waals surface area (Å²) in [5, 5.41) is 4.58. The molecule has 2 aromatic carbocycles. The van der Waals surface area contributed by atoms with Crippen LogP contribution >= 0.6 is 11.6 Å². The summed E-state index contributed by atoms with van der Waals surface area (Å²) in [7, 11) is 3.12. The highest BCUT2D eigenvalue weighted by Crippen LogP contribution is 2.21. The number of hydrogen-bond acceptors (Lipinski definition) is 6. The average molecular weight is 397 g/mol. The van der Waals surface area contributed by atoms with Gasteiger partial charge in [0.2, 0.25) is 0 Å². The molecular formula is C20H17ClN4O3. The number of carbonyl (C=O) groups is 1. The van der Waals surface area contributed by atoms with Crippen LogP contribution in [0.25, 0.3) is 11.4 Å². The van der Waals surface area contributed by atoms with Crippen molar-refractivity contribution in [2.24, 2.45) is 5.10 Å². The highest BCUT2D eigenvalue weighted by molar-refractivity contribution is 6.30. The Morgan fingerprint density at radius 2 is 1.75 bits per heavy atom. The first-order chi connectivity index (χ1) is 13.6. The number of amides is 1. The quantitative estimate of drug-likeness (QED) is 0.508. The Hall–Kier alpha value is -3.45. The van der Waals surface area contributed by atoms with Crippen LogP contribution in [0.1, 0.15) is 16.1 Å². The highest BCUT2D eigenvalue weighted by atomic mass is 35.5. The molecule has 0 unspecified atom stereocenters. The van der Waals surface area contributed by atoms with Gasteiger partial charge in [-0.05, 0) is 42.5 Å². The molecule has 28 heavy (non-hydrogen) atoms. The van der Waals surface area contributed by atoms with E-state index in [2.05, 4.69) is 20.5 Å². The lowest BCUT2D eigenvalue weighted by atomic mass is 10.2. The van der Waals surface area contributed by atoms with Crippen molar-refractivity contribution < 1.29 is 14.3 Å². The Balaban J connectivity index is 1.72. The zero-order chi connectivity index (χ0) is 19.9. The number of ether oxygens (including phenoxy) is 2. The topological polar surface area (TPSA) is 85.7 Å². The zero-order valence-electron chi connectivity index (χ0n) is 15.2. The molecule has 7 nitrogen and oxygen atoms in total. The van der Waals surface area contributed by atoms with Crippen molar-refractivity contribution in [3.8, 4) is 22.9 Å². The number of nitrogens with zero attached hydrogens (tertiary/aromatic N) is 3. The molecule has 1 aromatic heterocycles. The van der Waals surface area contributed by atoms with Crippen LogP contribution in [0, 0.1) is 0 Å². The minimum Gasteiger partial charge on any atom is -0.497 e. The van der Waals surface area contributed by atoms with E-state index in [0.29, 0.717) is 27.9 Å². The molecule has 1 amide bonds. The van der Waals surface area contributed by atoms with Crippen LogP contribution in [0.3, 0.4) is 0 Å². The standard InChI is InChI=1S/C20H17ClN4O3/c1-27-16-9-13(10-17(11-16)28-2)12-23-25-20(26)18-7-8-22-19(24-18)14-3-5-15(21)6-4-14/h3-12H,1-2H3,(H,25,26). The number of aromatic nitrogens is 2. The van der Waals surface area contributed by atoms with E-state index < -0.39 is 5.91 Å². The molecule has 0 saturated heterocycles. The molecule has 1 heterocycles. The Bertz CT molecular complexity index is 984. The second kappa shape index (κ2) is 8.96. The molecule has 0 aliphatic heterocycles. The minimum absolute atomic E-state index is 0.195. The van der Waals surface area contributed by atoms with Crippen LogP contribution in [0.4, 0.5) is 0 Å². The van der Waals surface area contributed by atoms with Gasteiger partial charge in [-0.1, -0.05) is 11.6 Å². The van der Waals surface area contributed by atoms with Crippen LogP contribution in [0.2, 0.25) is 5.02 Å². The molecule has 0 fully saturated rings. The van der Waals surface area contributed by atoms with Crippen LogP contribution in [0.15, 0.2) is 59.8 Å². The number of halogens is 1. The molecule has 1 N–H and O–H groups in total. The maximum absolute atomic E-state index is 12.3. The molecule has 0 radical (unpaired) electrons. The SMILES string of the molecule is COc1cc(C=NNC(=O)c2ccnc(-c3ccc(Cl)cc3)n2)cc(OC)c1. The van der Waals surface area contributed by atoms with Gasteiger partial charge in [-0.2, -0.15) is 5.10 Å². The van der Waals surface area contributed by atoms with E-state index in [-0.39, 0.29) is 5.69 Å². The number of benzene rings is 2. The van der Waals surface area contributed by atoms with Crippen molar-refractivity contribution >= 4 is 23.7 Å². The van der Waals surface area contributed by atoms with E-state index >= 15 is 0 Å².